The standard InChI is InChI=1S/C15H20F2N4O3/c1-9-2-4-19-14(22)13(9)21-15(23)20-7-10-3-5-18-12(6-10)24-8-11(16)17/h3,5-6,9,11,13H,2,4,7-8H2,1H3,(H,19,22)(H2,20,21,23)/t9-,13+/m1/s1. The maximum atomic E-state index is 12.1. The van der Waals surface area contributed by atoms with Crippen molar-refractivity contribution in [3.05, 3.63) is 23.9 Å². The molecule has 0 radical (unpaired) electrons. The van der Waals surface area contributed by atoms with E-state index in [1.807, 2.05) is 6.92 Å². The van der Waals surface area contributed by atoms with Gasteiger partial charge in [-0.3, -0.25) is 4.79 Å². The number of nitrogens with one attached hydrogen (secondary N) is 3. The molecular formula is C15H20F2N4O3. The Morgan fingerprint density at radius 1 is 1.54 bits per heavy atom. The number of rotatable bonds is 6. The molecule has 1 aliphatic rings. The highest BCUT2D eigenvalue weighted by molar-refractivity contribution is 5.87. The van der Waals surface area contributed by atoms with Gasteiger partial charge in [0, 0.05) is 25.4 Å². The number of aromatic nitrogens is 1. The summed E-state index contributed by atoms with van der Waals surface area (Å²) in [5.41, 5.74) is 0.644. The molecule has 0 aliphatic carbocycles. The van der Waals surface area contributed by atoms with Gasteiger partial charge in [-0.15, -0.1) is 0 Å². The Morgan fingerprint density at radius 2 is 2.33 bits per heavy atom. The van der Waals surface area contributed by atoms with Crippen molar-refractivity contribution in [3.8, 4) is 5.88 Å². The fourth-order valence-electron chi connectivity index (χ4n) is 2.33. The van der Waals surface area contributed by atoms with Crippen LogP contribution in [0.2, 0.25) is 0 Å². The maximum absolute atomic E-state index is 12.1. The minimum Gasteiger partial charge on any atom is -0.472 e. The van der Waals surface area contributed by atoms with E-state index in [-0.39, 0.29) is 24.2 Å². The van der Waals surface area contributed by atoms with Crippen LogP contribution in [0.3, 0.4) is 0 Å². The van der Waals surface area contributed by atoms with Crippen molar-refractivity contribution in [2.75, 3.05) is 13.2 Å². The van der Waals surface area contributed by atoms with Crippen LogP contribution < -0.4 is 20.7 Å². The first-order chi connectivity index (χ1) is 11.5. The molecule has 1 aliphatic heterocycles. The van der Waals surface area contributed by atoms with Crippen molar-refractivity contribution < 1.29 is 23.1 Å². The number of ether oxygens (including phenoxy) is 1. The summed E-state index contributed by atoms with van der Waals surface area (Å²) in [6, 6.07) is 2.06. The molecule has 1 aromatic rings. The van der Waals surface area contributed by atoms with E-state index in [9.17, 15) is 18.4 Å². The number of carbonyl (C=O) groups is 2. The maximum Gasteiger partial charge on any atom is 0.315 e. The van der Waals surface area contributed by atoms with Crippen molar-refractivity contribution in [1.82, 2.24) is 20.9 Å². The lowest BCUT2D eigenvalue weighted by Crippen LogP contribution is -2.56. The Labute approximate surface area is 138 Å². The molecule has 3 N–H and O–H groups in total. The Bertz CT molecular complexity index is 586. The molecule has 0 unspecified atom stereocenters. The Balaban J connectivity index is 1.83. The van der Waals surface area contributed by atoms with E-state index in [1.54, 1.807) is 6.07 Å². The lowest BCUT2D eigenvalue weighted by Gasteiger charge is -2.28. The van der Waals surface area contributed by atoms with E-state index in [4.69, 9.17) is 4.74 Å². The third-order valence-corrected chi connectivity index (χ3v) is 3.65. The summed E-state index contributed by atoms with van der Waals surface area (Å²) in [4.78, 5) is 27.5. The van der Waals surface area contributed by atoms with E-state index in [0.29, 0.717) is 12.1 Å². The summed E-state index contributed by atoms with van der Waals surface area (Å²) in [7, 11) is 0. The fourth-order valence-corrected chi connectivity index (χ4v) is 2.33. The quantitative estimate of drug-likeness (QED) is 0.720. The van der Waals surface area contributed by atoms with E-state index in [0.717, 1.165) is 6.42 Å². The zero-order valence-corrected chi connectivity index (χ0v) is 13.2. The largest absolute Gasteiger partial charge is 0.472 e. The molecule has 3 amide bonds. The molecule has 9 heteroatoms. The van der Waals surface area contributed by atoms with Gasteiger partial charge in [-0.25, -0.2) is 18.6 Å². The second kappa shape index (κ2) is 8.42. The molecule has 7 nitrogen and oxygen atoms in total. The fraction of sp³-hybridized carbons (Fsp3) is 0.533. The zero-order valence-electron chi connectivity index (χ0n) is 13.2. The highest BCUT2D eigenvalue weighted by Gasteiger charge is 2.29. The van der Waals surface area contributed by atoms with Gasteiger partial charge < -0.3 is 20.7 Å². The first-order valence-corrected chi connectivity index (χ1v) is 7.63. The van der Waals surface area contributed by atoms with E-state index in [1.165, 1.54) is 12.3 Å². The van der Waals surface area contributed by atoms with Crippen molar-refractivity contribution in [2.24, 2.45) is 5.92 Å². The molecular weight excluding hydrogens is 322 g/mol. The van der Waals surface area contributed by atoms with Crippen molar-refractivity contribution in [1.29, 1.82) is 0 Å². The first kappa shape index (κ1) is 17.9. The molecule has 0 spiro atoms. The van der Waals surface area contributed by atoms with Crippen molar-refractivity contribution >= 4 is 11.9 Å². The average molecular weight is 342 g/mol. The van der Waals surface area contributed by atoms with Crippen LogP contribution >= 0.6 is 0 Å². The molecule has 1 saturated heterocycles. The lowest BCUT2D eigenvalue weighted by molar-refractivity contribution is -0.125. The number of hydrogen-bond acceptors (Lipinski definition) is 4. The summed E-state index contributed by atoms with van der Waals surface area (Å²) in [5, 5.41) is 7.96. The van der Waals surface area contributed by atoms with Gasteiger partial charge in [0.2, 0.25) is 11.8 Å². The predicted octanol–water partition coefficient (Wildman–Crippen LogP) is 1.05. The number of nitrogens with zero attached hydrogens (tertiary/aromatic N) is 1. The Kier molecular flexibility index (Phi) is 6.28. The van der Waals surface area contributed by atoms with Gasteiger partial charge in [-0.05, 0) is 24.0 Å². The van der Waals surface area contributed by atoms with Gasteiger partial charge in [-0.1, -0.05) is 6.92 Å². The topological polar surface area (TPSA) is 92.4 Å². The number of halogens is 2. The van der Waals surface area contributed by atoms with Gasteiger partial charge in [0.05, 0.1) is 0 Å². The molecule has 0 aromatic carbocycles. The van der Waals surface area contributed by atoms with Crippen molar-refractivity contribution in [2.45, 2.75) is 32.4 Å². The zero-order chi connectivity index (χ0) is 17.5. The normalized spacial score (nSPS) is 20.4. The van der Waals surface area contributed by atoms with Crippen LogP contribution in [-0.4, -0.2) is 42.5 Å². The lowest BCUT2D eigenvalue weighted by atomic mass is 9.94. The predicted molar refractivity (Wildman–Crippen MR) is 81.7 cm³/mol. The van der Waals surface area contributed by atoms with Gasteiger partial charge in [-0.2, -0.15) is 0 Å². The second-order valence-electron chi connectivity index (χ2n) is 5.57. The van der Waals surface area contributed by atoms with Crippen LogP contribution in [0, 0.1) is 5.92 Å². The molecule has 132 valence electrons. The number of pyridine rings is 1. The van der Waals surface area contributed by atoms with Gasteiger partial charge in [0.1, 0.15) is 6.04 Å². The Morgan fingerprint density at radius 3 is 3.04 bits per heavy atom. The minimum atomic E-state index is -2.58. The van der Waals surface area contributed by atoms with Gasteiger partial charge in [0.25, 0.3) is 6.43 Å². The van der Waals surface area contributed by atoms with Crippen molar-refractivity contribution in [3.63, 3.8) is 0 Å². The second-order valence-corrected chi connectivity index (χ2v) is 5.57. The van der Waals surface area contributed by atoms with E-state index >= 15 is 0 Å². The summed E-state index contributed by atoms with van der Waals surface area (Å²) >= 11 is 0. The number of piperidine rings is 1. The third-order valence-electron chi connectivity index (χ3n) is 3.65. The van der Waals surface area contributed by atoms with Crippen LogP contribution in [-0.2, 0) is 11.3 Å². The molecule has 2 heterocycles. The van der Waals surface area contributed by atoms with Crippen LogP contribution in [0.25, 0.3) is 0 Å². The first-order valence-electron chi connectivity index (χ1n) is 7.63. The highest BCUT2D eigenvalue weighted by Crippen LogP contribution is 2.13. The van der Waals surface area contributed by atoms with Crippen LogP contribution in [0.4, 0.5) is 13.6 Å². The summed E-state index contributed by atoms with van der Waals surface area (Å²) < 4.78 is 29.0. The van der Waals surface area contributed by atoms with Gasteiger partial charge in [0.15, 0.2) is 6.61 Å². The molecule has 2 rings (SSSR count). The average Bonchev–Trinajstić information content (AvgIpc) is 2.55. The van der Waals surface area contributed by atoms with E-state index in [2.05, 4.69) is 20.9 Å². The molecule has 0 saturated carbocycles. The molecule has 1 aromatic heterocycles. The van der Waals surface area contributed by atoms with Gasteiger partial charge >= 0.3 is 6.03 Å². The summed E-state index contributed by atoms with van der Waals surface area (Å²) in [5.74, 6) is -0.0782. The van der Waals surface area contributed by atoms with Crippen LogP contribution in [0.5, 0.6) is 5.88 Å². The summed E-state index contributed by atoms with van der Waals surface area (Å²) in [6.07, 6.45) is -0.374. The molecule has 2 atom stereocenters. The number of hydrogen-bond donors (Lipinski definition) is 3. The summed E-state index contributed by atoms with van der Waals surface area (Å²) in [6.45, 7) is 1.93. The number of alkyl halides is 2. The molecule has 0 bridgehead atoms. The highest BCUT2D eigenvalue weighted by atomic mass is 19.3. The molecule has 24 heavy (non-hydrogen) atoms. The van der Waals surface area contributed by atoms with E-state index < -0.39 is 25.1 Å². The monoisotopic (exact) mass is 342 g/mol. The molecule has 1 fully saturated rings. The smallest absolute Gasteiger partial charge is 0.315 e. The number of carbonyl (C=O) groups excluding carboxylic acids is 2. The minimum absolute atomic E-state index is 0.0553. The van der Waals surface area contributed by atoms with Crippen LogP contribution in [0.1, 0.15) is 18.9 Å². The Hall–Kier alpha value is -2.45. The van der Waals surface area contributed by atoms with Crippen LogP contribution in [0.15, 0.2) is 18.3 Å². The number of urea groups is 1. The SMILES string of the molecule is C[C@@H]1CCNC(=O)[C@H]1NC(=O)NCc1ccnc(OCC(F)F)c1. The number of amides is 3. The third kappa shape index (κ3) is 5.32.